The molecular weight excluding hydrogens is 226 g/mol. The average molecular weight is 251 g/mol. The summed E-state index contributed by atoms with van der Waals surface area (Å²) >= 11 is 0. The van der Waals surface area contributed by atoms with Crippen LogP contribution in [0.3, 0.4) is 0 Å². The summed E-state index contributed by atoms with van der Waals surface area (Å²) in [5.74, 6) is 0.902. The molecule has 2 heterocycles. The Morgan fingerprint density at radius 1 is 1.17 bits per heavy atom. The molecule has 2 rings (SSSR count). The number of nitrogens with zero attached hydrogens (tertiary/aromatic N) is 1. The second kappa shape index (κ2) is 6.83. The van der Waals surface area contributed by atoms with Gasteiger partial charge in [-0.3, -0.25) is 0 Å². The van der Waals surface area contributed by atoms with E-state index in [2.05, 4.69) is 23.9 Å². The number of aromatic nitrogens is 1. The Hall–Kier alpha value is -0.960. The minimum atomic E-state index is 0.169. The standard InChI is InChI=1S/C15H25NO2/c1-3-4-5-6-7-8-9-16-11-14-10-13(2)17-18-15(14)12-16/h11-13H,3-10H2,1-2H3. The van der Waals surface area contributed by atoms with Crippen molar-refractivity contribution in [1.82, 2.24) is 4.57 Å². The lowest BCUT2D eigenvalue weighted by Gasteiger charge is -2.17. The molecule has 1 aromatic heterocycles. The first-order valence-electron chi connectivity index (χ1n) is 7.31. The Morgan fingerprint density at radius 2 is 1.94 bits per heavy atom. The van der Waals surface area contributed by atoms with Gasteiger partial charge in [-0.25, -0.2) is 0 Å². The summed E-state index contributed by atoms with van der Waals surface area (Å²) in [5.41, 5.74) is 1.28. The Bertz CT molecular complexity index is 359. The van der Waals surface area contributed by atoms with Crippen molar-refractivity contribution in [2.75, 3.05) is 0 Å². The number of hydrogen-bond acceptors (Lipinski definition) is 2. The Morgan fingerprint density at radius 3 is 2.78 bits per heavy atom. The molecule has 1 atom stereocenters. The Kier molecular flexibility index (Phi) is 5.12. The molecule has 3 heteroatoms. The largest absolute Gasteiger partial charge is 0.350 e. The van der Waals surface area contributed by atoms with Crippen LogP contribution in [0.25, 0.3) is 0 Å². The van der Waals surface area contributed by atoms with Crippen molar-refractivity contribution < 1.29 is 9.78 Å². The molecule has 1 aliphatic heterocycles. The van der Waals surface area contributed by atoms with Crippen molar-refractivity contribution in [2.45, 2.75) is 71.4 Å². The first-order valence-corrected chi connectivity index (χ1v) is 7.31. The molecule has 0 saturated heterocycles. The zero-order valence-electron chi connectivity index (χ0n) is 11.7. The van der Waals surface area contributed by atoms with Crippen LogP contribution >= 0.6 is 0 Å². The third kappa shape index (κ3) is 3.77. The molecule has 0 saturated carbocycles. The smallest absolute Gasteiger partial charge is 0.186 e. The maximum Gasteiger partial charge on any atom is 0.186 e. The number of fused-ring (bicyclic) bond motifs is 1. The van der Waals surface area contributed by atoms with Gasteiger partial charge in [0, 0.05) is 24.7 Å². The molecular formula is C15H25NO2. The lowest BCUT2D eigenvalue weighted by molar-refractivity contribution is -0.248. The number of unbranched alkanes of at least 4 members (excludes halogenated alkanes) is 5. The van der Waals surface area contributed by atoms with E-state index in [0.29, 0.717) is 0 Å². The molecule has 0 bridgehead atoms. The topological polar surface area (TPSA) is 23.4 Å². The lowest BCUT2D eigenvalue weighted by Crippen LogP contribution is -2.18. The summed E-state index contributed by atoms with van der Waals surface area (Å²) in [6.07, 6.45) is 13.4. The normalized spacial score (nSPS) is 18.4. The van der Waals surface area contributed by atoms with Crippen molar-refractivity contribution in [2.24, 2.45) is 0 Å². The van der Waals surface area contributed by atoms with Crippen LogP contribution in [0.4, 0.5) is 0 Å². The SMILES string of the molecule is CCCCCCCCn1cc2c(c1)OOC(C)C2. The van der Waals surface area contributed by atoms with Gasteiger partial charge >= 0.3 is 0 Å². The first-order chi connectivity index (χ1) is 8.79. The van der Waals surface area contributed by atoms with Gasteiger partial charge in [-0.05, 0) is 13.3 Å². The van der Waals surface area contributed by atoms with Gasteiger partial charge in [0.25, 0.3) is 0 Å². The third-order valence-electron chi connectivity index (χ3n) is 3.50. The van der Waals surface area contributed by atoms with Gasteiger partial charge in [0.15, 0.2) is 5.75 Å². The fourth-order valence-corrected chi connectivity index (χ4v) is 2.44. The summed E-state index contributed by atoms with van der Waals surface area (Å²) < 4.78 is 2.24. The first kappa shape index (κ1) is 13.5. The maximum atomic E-state index is 5.25. The minimum Gasteiger partial charge on any atom is -0.350 e. The summed E-state index contributed by atoms with van der Waals surface area (Å²) in [4.78, 5) is 10.4. The van der Waals surface area contributed by atoms with Gasteiger partial charge in [-0.1, -0.05) is 39.0 Å². The number of hydrogen-bond donors (Lipinski definition) is 0. The predicted molar refractivity (Wildman–Crippen MR) is 72.7 cm³/mol. The van der Waals surface area contributed by atoms with E-state index in [9.17, 15) is 0 Å². The second-order valence-corrected chi connectivity index (χ2v) is 5.35. The molecule has 3 nitrogen and oxygen atoms in total. The van der Waals surface area contributed by atoms with E-state index in [0.717, 1.165) is 18.7 Å². The van der Waals surface area contributed by atoms with Crippen LogP contribution in [0.2, 0.25) is 0 Å². The zero-order chi connectivity index (χ0) is 12.8. The molecule has 0 radical (unpaired) electrons. The van der Waals surface area contributed by atoms with Gasteiger partial charge in [0.1, 0.15) is 6.10 Å². The molecule has 0 fully saturated rings. The second-order valence-electron chi connectivity index (χ2n) is 5.35. The fourth-order valence-electron chi connectivity index (χ4n) is 2.44. The van der Waals surface area contributed by atoms with E-state index in [4.69, 9.17) is 9.78 Å². The molecule has 1 unspecified atom stereocenters. The highest BCUT2D eigenvalue weighted by atomic mass is 17.2. The summed E-state index contributed by atoms with van der Waals surface area (Å²) in [5, 5.41) is 0. The summed E-state index contributed by atoms with van der Waals surface area (Å²) in [6.45, 7) is 5.39. The number of aryl methyl sites for hydroxylation is 1. The quantitative estimate of drug-likeness (QED) is 0.538. The highest BCUT2D eigenvalue weighted by Gasteiger charge is 2.19. The van der Waals surface area contributed by atoms with Gasteiger partial charge in [-0.15, -0.1) is 0 Å². The highest BCUT2D eigenvalue weighted by Crippen LogP contribution is 2.27. The van der Waals surface area contributed by atoms with Crippen LogP contribution in [0.5, 0.6) is 5.75 Å². The molecule has 102 valence electrons. The van der Waals surface area contributed by atoms with Crippen molar-refractivity contribution >= 4 is 0 Å². The van der Waals surface area contributed by atoms with Gasteiger partial charge in [0.2, 0.25) is 0 Å². The predicted octanol–water partition coefficient (Wildman–Crippen LogP) is 4.10. The van der Waals surface area contributed by atoms with E-state index in [1.807, 2.05) is 6.92 Å². The fraction of sp³-hybridized carbons (Fsp3) is 0.733. The Labute approximate surface area is 110 Å². The van der Waals surface area contributed by atoms with Crippen molar-refractivity contribution in [3.05, 3.63) is 18.0 Å². The van der Waals surface area contributed by atoms with Crippen LogP contribution in [0, 0.1) is 0 Å². The molecule has 0 aliphatic carbocycles. The minimum absolute atomic E-state index is 0.169. The molecule has 1 aromatic rings. The molecule has 1 aliphatic rings. The molecule has 0 aromatic carbocycles. The summed E-state index contributed by atoms with van der Waals surface area (Å²) in [7, 11) is 0. The molecule has 0 spiro atoms. The van der Waals surface area contributed by atoms with Crippen molar-refractivity contribution in [3.8, 4) is 5.75 Å². The molecule has 0 amide bonds. The lowest BCUT2D eigenvalue weighted by atomic mass is 10.1. The van der Waals surface area contributed by atoms with Crippen LogP contribution in [-0.4, -0.2) is 10.7 Å². The van der Waals surface area contributed by atoms with Crippen LogP contribution in [-0.2, 0) is 17.9 Å². The highest BCUT2D eigenvalue weighted by molar-refractivity contribution is 5.32. The van der Waals surface area contributed by atoms with Crippen molar-refractivity contribution in [1.29, 1.82) is 0 Å². The van der Waals surface area contributed by atoms with E-state index >= 15 is 0 Å². The molecule has 0 N–H and O–H groups in total. The van der Waals surface area contributed by atoms with E-state index in [1.165, 1.54) is 44.1 Å². The van der Waals surface area contributed by atoms with Gasteiger partial charge in [0.05, 0.1) is 6.20 Å². The number of rotatable bonds is 7. The van der Waals surface area contributed by atoms with Gasteiger partial charge < -0.3 is 9.45 Å². The monoisotopic (exact) mass is 251 g/mol. The van der Waals surface area contributed by atoms with Crippen LogP contribution in [0.15, 0.2) is 12.4 Å². The van der Waals surface area contributed by atoms with E-state index < -0.39 is 0 Å². The molecule has 18 heavy (non-hydrogen) atoms. The van der Waals surface area contributed by atoms with E-state index in [-0.39, 0.29) is 6.10 Å². The van der Waals surface area contributed by atoms with Gasteiger partial charge in [-0.2, -0.15) is 4.89 Å². The average Bonchev–Trinajstić information content (AvgIpc) is 2.75. The van der Waals surface area contributed by atoms with Crippen LogP contribution in [0.1, 0.15) is 57.9 Å². The van der Waals surface area contributed by atoms with Crippen LogP contribution < -0.4 is 4.89 Å². The zero-order valence-corrected chi connectivity index (χ0v) is 11.7. The third-order valence-corrected chi connectivity index (χ3v) is 3.50. The van der Waals surface area contributed by atoms with Crippen molar-refractivity contribution in [3.63, 3.8) is 0 Å². The summed E-state index contributed by atoms with van der Waals surface area (Å²) in [6, 6.07) is 0. The Balaban J connectivity index is 1.70. The maximum absolute atomic E-state index is 5.25. The van der Waals surface area contributed by atoms with E-state index in [1.54, 1.807) is 0 Å².